The van der Waals surface area contributed by atoms with Gasteiger partial charge in [-0.05, 0) is 31.6 Å². The van der Waals surface area contributed by atoms with Gasteiger partial charge in [-0.25, -0.2) is 13.2 Å². The second-order valence-electron chi connectivity index (χ2n) is 5.49. The van der Waals surface area contributed by atoms with Crippen LogP contribution in [0, 0.1) is 5.92 Å². The number of urea groups is 1. The lowest BCUT2D eigenvalue weighted by atomic mass is 10.00. The topological polar surface area (TPSA) is 66.5 Å². The van der Waals surface area contributed by atoms with Gasteiger partial charge >= 0.3 is 6.03 Å². The van der Waals surface area contributed by atoms with Crippen LogP contribution in [0.25, 0.3) is 0 Å². The molecule has 0 aliphatic carbocycles. The van der Waals surface area contributed by atoms with Crippen LogP contribution < -0.4 is 5.32 Å². The number of likely N-dealkylation sites (tertiary alicyclic amines) is 1. The molecule has 5 nitrogen and oxygen atoms in total. The molecular weight excluding hydrogens is 252 g/mol. The maximum absolute atomic E-state index is 11.9. The van der Waals surface area contributed by atoms with Crippen LogP contribution in [-0.4, -0.2) is 50.0 Å². The maximum Gasteiger partial charge on any atom is 0.317 e. The molecule has 2 heterocycles. The van der Waals surface area contributed by atoms with Crippen LogP contribution in [0.2, 0.25) is 0 Å². The third kappa shape index (κ3) is 3.16. The summed E-state index contributed by atoms with van der Waals surface area (Å²) >= 11 is 0. The average molecular weight is 274 g/mol. The first-order valence-electron chi connectivity index (χ1n) is 6.73. The molecule has 6 heteroatoms. The molecule has 0 aromatic rings. The van der Waals surface area contributed by atoms with Crippen molar-refractivity contribution in [2.45, 2.75) is 37.9 Å². The van der Waals surface area contributed by atoms with Crippen molar-refractivity contribution in [1.29, 1.82) is 0 Å². The molecule has 0 bridgehead atoms. The van der Waals surface area contributed by atoms with E-state index in [2.05, 4.69) is 12.2 Å². The van der Waals surface area contributed by atoms with E-state index in [0.717, 1.165) is 32.4 Å². The normalized spacial score (nSPS) is 28.3. The van der Waals surface area contributed by atoms with Crippen LogP contribution >= 0.6 is 0 Å². The van der Waals surface area contributed by atoms with Crippen molar-refractivity contribution in [3.63, 3.8) is 0 Å². The Morgan fingerprint density at radius 1 is 1.28 bits per heavy atom. The minimum absolute atomic E-state index is 0.107. The molecule has 2 aliphatic heterocycles. The van der Waals surface area contributed by atoms with E-state index in [1.807, 2.05) is 0 Å². The molecule has 0 radical (unpaired) electrons. The zero-order valence-corrected chi connectivity index (χ0v) is 11.7. The lowest BCUT2D eigenvalue weighted by Gasteiger charge is -2.30. The van der Waals surface area contributed by atoms with Crippen LogP contribution in [0.4, 0.5) is 4.79 Å². The molecule has 1 unspecified atom stereocenters. The van der Waals surface area contributed by atoms with Gasteiger partial charge in [0.05, 0.1) is 11.0 Å². The van der Waals surface area contributed by atoms with Crippen LogP contribution in [0.5, 0.6) is 0 Å². The number of hydrogen-bond acceptors (Lipinski definition) is 3. The molecule has 0 aromatic heterocycles. The largest absolute Gasteiger partial charge is 0.337 e. The van der Waals surface area contributed by atoms with Crippen molar-refractivity contribution in [3.8, 4) is 0 Å². The quantitative estimate of drug-likeness (QED) is 0.817. The Labute approximate surface area is 109 Å². The molecule has 0 saturated carbocycles. The zero-order chi connectivity index (χ0) is 13.2. The smallest absolute Gasteiger partial charge is 0.317 e. The summed E-state index contributed by atoms with van der Waals surface area (Å²) in [7, 11) is -2.96. The van der Waals surface area contributed by atoms with Gasteiger partial charge in [0.1, 0.15) is 0 Å². The Morgan fingerprint density at radius 3 is 2.50 bits per heavy atom. The summed E-state index contributed by atoms with van der Waals surface area (Å²) in [6.45, 7) is 4.03. The molecule has 2 saturated heterocycles. The van der Waals surface area contributed by atoms with E-state index < -0.39 is 9.84 Å². The van der Waals surface area contributed by atoms with Gasteiger partial charge < -0.3 is 10.2 Å². The highest BCUT2D eigenvalue weighted by Crippen LogP contribution is 2.19. The third-order valence-electron chi connectivity index (χ3n) is 4.01. The first kappa shape index (κ1) is 13.6. The summed E-state index contributed by atoms with van der Waals surface area (Å²) in [5.41, 5.74) is 0. The van der Waals surface area contributed by atoms with Crippen LogP contribution in [0.1, 0.15) is 32.6 Å². The predicted octanol–water partition coefficient (Wildman–Crippen LogP) is 1.01. The highest BCUT2D eigenvalue weighted by atomic mass is 32.2. The number of nitrogens with zero attached hydrogens (tertiary/aromatic N) is 1. The SMILES string of the molecule is CC1CCN(C(=O)NCC2CCCS2(=O)=O)CC1. The number of sulfone groups is 1. The minimum Gasteiger partial charge on any atom is -0.337 e. The Hall–Kier alpha value is -0.780. The summed E-state index contributed by atoms with van der Waals surface area (Å²) in [5.74, 6) is 0.957. The number of rotatable bonds is 2. The molecule has 2 rings (SSSR count). The molecule has 0 aromatic carbocycles. The van der Waals surface area contributed by atoms with Gasteiger partial charge in [-0.3, -0.25) is 0 Å². The molecule has 2 aliphatic rings. The lowest BCUT2D eigenvalue weighted by molar-refractivity contribution is 0.174. The molecule has 2 fully saturated rings. The number of hydrogen-bond donors (Lipinski definition) is 1. The van der Waals surface area contributed by atoms with Gasteiger partial charge in [-0.1, -0.05) is 6.92 Å². The Kier molecular flexibility index (Phi) is 4.14. The van der Waals surface area contributed by atoms with E-state index in [1.54, 1.807) is 4.90 Å². The summed E-state index contributed by atoms with van der Waals surface area (Å²) in [4.78, 5) is 13.7. The fraction of sp³-hybridized carbons (Fsp3) is 0.917. The van der Waals surface area contributed by atoms with Gasteiger partial charge in [0, 0.05) is 19.6 Å². The maximum atomic E-state index is 11.9. The monoisotopic (exact) mass is 274 g/mol. The Morgan fingerprint density at radius 2 is 1.94 bits per heavy atom. The number of amides is 2. The van der Waals surface area contributed by atoms with E-state index in [-0.39, 0.29) is 23.6 Å². The number of piperidine rings is 1. The average Bonchev–Trinajstić information content (AvgIpc) is 2.66. The van der Waals surface area contributed by atoms with E-state index in [4.69, 9.17) is 0 Å². The van der Waals surface area contributed by atoms with Gasteiger partial charge in [0.2, 0.25) is 0 Å². The summed E-state index contributed by atoms with van der Waals surface area (Å²) in [6, 6.07) is -0.107. The second-order valence-corrected chi connectivity index (χ2v) is 7.89. The van der Waals surface area contributed by atoms with E-state index in [9.17, 15) is 13.2 Å². The highest BCUT2D eigenvalue weighted by molar-refractivity contribution is 7.92. The highest BCUT2D eigenvalue weighted by Gasteiger charge is 2.31. The molecule has 0 spiro atoms. The van der Waals surface area contributed by atoms with E-state index in [1.165, 1.54) is 0 Å². The third-order valence-corrected chi connectivity index (χ3v) is 6.29. The standard InChI is InChI=1S/C12H22N2O3S/c1-10-4-6-14(7-5-10)12(15)13-9-11-3-2-8-18(11,16)17/h10-11H,2-9H2,1H3,(H,13,15). The Bertz CT molecular complexity index is 400. The van der Waals surface area contributed by atoms with Crippen LogP contribution in [-0.2, 0) is 9.84 Å². The van der Waals surface area contributed by atoms with E-state index in [0.29, 0.717) is 12.3 Å². The van der Waals surface area contributed by atoms with Crippen molar-refractivity contribution < 1.29 is 13.2 Å². The molecule has 1 atom stereocenters. The van der Waals surface area contributed by atoms with Gasteiger partial charge in [-0.15, -0.1) is 0 Å². The molecule has 18 heavy (non-hydrogen) atoms. The first-order valence-corrected chi connectivity index (χ1v) is 8.45. The van der Waals surface area contributed by atoms with Crippen molar-refractivity contribution in [3.05, 3.63) is 0 Å². The number of nitrogens with one attached hydrogen (secondary N) is 1. The van der Waals surface area contributed by atoms with Crippen molar-refractivity contribution in [2.24, 2.45) is 5.92 Å². The lowest BCUT2D eigenvalue weighted by Crippen LogP contribution is -2.46. The molecule has 2 amide bonds. The second kappa shape index (κ2) is 5.47. The number of carbonyl (C=O) groups excluding carboxylic acids is 1. The van der Waals surface area contributed by atoms with Crippen molar-refractivity contribution >= 4 is 15.9 Å². The van der Waals surface area contributed by atoms with Crippen molar-refractivity contribution in [2.75, 3.05) is 25.4 Å². The summed E-state index contributed by atoms with van der Waals surface area (Å²) in [6.07, 6.45) is 3.48. The summed E-state index contributed by atoms with van der Waals surface area (Å²) in [5, 5.41) is 2.40. The first-order chi connectivity index (χ1) is 8.49. The Balaban J connectivity index is 1.78. The predicted molar refractivity (Wildman–Crippen MR) is 70.2 cm³/mol. The molecule has 1 N–H and O–H groups in total. The van der Waals surface area contributed by atoms with Crippen LogP contribution in [0.15, 0.2) is 0 Å². The van der Waals surface area contributed by atoms with Gasteiger partial charge in [-0.2, -0.15) is 0 Å². The van der Waals surface area contributed by atoms with Crippen LogP contribution in [0.3, 0.4) is 0 Å². The minimum atomic E-state index is -2.96. The summed E-state index contributed by atoms with van der Waals surface area (Å²) < 4.78 is 23.3. The van der Waals surface area contributed by atoms with Crippen molar-refractivity contribution in [1.82, 2.24) is 10.2 Å². The van der Waals surface area contributed by atoms with Gasteiger partial charge in [0.15, 0.2) is 9.84 Å². The molecular formula is C12H22N2O3S. The van der Waals surface area contributed by atoms with Gasteiger partial charge in [0.25, 0.3) is 0 Å². The van der Waals surface area contributed by atoms with E-state index >= 15 is 0 Å². The fourth-order valence-corrected chi connectivity index (χ4v) is 4.38. The molecule has 104 valence electrons. The number of carbonyl (C=O) groups is 1. The zero-order valence-electron chi connectivity index (χ0n) is 10.9. The fourth-order valence-electron chi connectivity index (χ4n) is 2.61.